The average Bonchev–Trinajstić information content (AvgIpc) is 3.05. The predicted molar refractivity (Wildman–Crippen MR) is 80.6 cm³/mol. The molecule has 2 atom stereocenters. The van der Waals surface area contributed by atoms with E-state index in [9.17, 15) is 5.11 Å². The first kappa shape index (κ1) is 13.9. The quantitative estimate of drug-likeness (QED) is 0.875. The van der Waals surface area contributed by atoms with Crippen LogP contribution in [0.3, 0.4) is 0 Å². The fraction of sp³-hybridized carbons (Fsp3) is 0.600. The molecule has 1 heterocycles. The molecule has 0 aromatic heterocycles. The first-order chi connectivity index (χ1) is 9.76. The lowest BCUT2D eigenvalue weighted by molar-refractivity contribution is 0.174. The Morgan fingerprint density at radius 1 is 1.30 bits per heavy atom. The van der Waals surface area contributed by atoms with Gasteiger partial charge in [0.15, 0.2) is 11.5 Å². The van der Waals surface area contributed by atoms with Gasteiger partial charge in [-0.2, -0.15) is 11.8 Å². The highest BCUT2D eigenvalue weighted by atomic mass is 32.2. The van der Waals surface area contributed by atoms with Gasteiger partial charge in [0.05, 0.1) is 0 Å². The van der Waals surface area contributed by atoms with E-state index in [1.165, 1.54) is 25.0 Å². The summed E-state index contributed by atoms with van der Waals surface area (Å²) >= 11 is 2.06. The van der Waals surface area contributed by atoms with Gasteiger partial charge in [0, 0.05) is 29.5 Å². The molecule has 3 rings (SSSR count). The molecule has 4 nitrogen and oxygen atoms in total. The number of ether oxygens (including phenoxy) is 2. The molecule has 1 aromatic rings. The summed E-state index contributed by atoms with van der Waals surface area (Å²) in [5, 5.41) is 14.3. The van der Waals surface area contributed by atoms with Crippen LogP contribution in [0.15, 0.2) is 12.1 Å². The molecule has 0 saturated heterocycles. The van der Waals surface area contributed by atoms with Gasteiger partial charge in [-0.3, -0.25) is 0 Å². The van der Waals surface area contributed by atoms with Crippen LogP contribution in [-0.4, -0.2) is 28.9 Å². The summed E-state index contributed by atoms with van der Waals surface area (Å²) in [6, 6.07) is 4.07. The third-order valence-corrected chi connectivity index (χ3v) is 5.17. The maximum Gasteiger partial charge on any atom is 0.231 e. The molecule has 1 aliphatic carbocycles. The average molecular weight is 295 g/mol. The van der Waals surface area contributed by atoms with E-state index >= 15 is 0 Å². The molecule has 2 unspecified atom stereocenters. The maximum absolute atomic E-state index is 10.0. The number of phenols is 1. The van der Waals surface area contributed by atoms with Crippen LogP contribution in [0.2, 0.25) is 0 Å². The van der Waals surface area contributed by atoms with Crippen molar-refractivity contribution in [3.05, 3.63) is 17.7 Å². The number of thioether (sulfide) groups is 1. The highest BCUT2D eigenvalue weighted by Crippen LogP contribution is 2.38. The fourth-order valence-electron chi connectivity index (χ4n) is 2.88. The van der Waals surface area contributed by atoms with Gasteiger partial charge in [-0.25, -0.2) is 0 Å². The van der Waals surface area contributed by atoms with Crippen LogP contribution in [0.1, 0.15) is 31.7 Å². The predicted octanol–water partition coefficient (Wildman–Crippen LogP) is 2.88. The van der Waals surface area contributed by atoms with Crippen LogP contribution >= 0.6 is 11.8 Å². The van der Waals surface area contributed by atoms with Crippen molar-refractivity contribution in [2.24, 2.45) is 0 Å². The molecular formula is C15H21NO3S. The van der Waals surface area contributed by atoms with Crippen LogP contribution in [-0.2, 0) is 6.54 Å². The van der Waals surface area contributed by atoms with E-state index in [0.29, 0.717) is 18.3 Å². The second-order valence-electron chi connectivity index (χ2n) is 5.30. The van der Waals surface area contributed by atoms with Crippen molar-refractivity contribution in [3.63, 3.8) is 0 Å². The Morgan fingerprint density at radius 3 is 2.90 bits per heavy atom. The summed E-state index contributed by atoms with van der Waals surface area (Å²) in [6.45, 7) is 3.14. The summed E-state index contributed by atoms with van der Waals surface area (Å²) in [5.41, 5.74) is 0.876. The lowest BCUT2D eigenvalue weighted by atomic mass is 10.1. The minimum absolute atomic E-state index is 0.240. The Balaban J connectivity index is 1.56. The highest BCUT2D eigenvalue weighted by Gasteiger charge is 2.24. The molecule has 0 amide bonds. The first-order valence-corrected chi connectivity index (χ1v) is 8.27. The Bertz CT molecular complexity index is 480. The Hall–Kier alpha value is -1.07. The molecule has 1 aromatic carbocycles. The first-order valence-electron chi connectivity index (χ1n) is 7.22. The molecule has 0 bridgehead atoms. The van der Waals surface area contributed by atoms with E-state index in [2.05, 4.69) is 24.0 Å². The van der Waals surface area contributed by atoms with Gasteiger partial charge in [0.25, 0.3) is 0 Å². The second-order valence-corrected chi connectivity index (χ2v) is 6.88. The molecule has 110 valence electrons. The largest absolute Gasteiger partial charge is 0.507 e. The van der Waals surface area contributed by atoms with Crippen LogP contribution < -0.4 is 14.8 Å². The third kappa shape index (κ3) is 2.99. The number of fused-ring (bicyclic) bond motifs is 1. The van der Waals surface area contributed by atoms with Gasteiger partial charge in [0.1, 0.15) is 5.75 Å². The molecule has 20 heavy (non-hydrogen) atoms. The van der Waals surface area contributed by atoms with Crippen LogP contribution in [0.25, 0.3) is 0 Å². The summed E-state index contributed by atoms with van der Waals surface area (Å²) in [5.74, 6) is 2.83. The molecule has 1 aliphatic heterocycles. The van der Waals surface area contributed by atoms with Crippen molar-refractivity contribution in [1.29, 1.82) is 0 Å². The molecule has 1 fully saturated rings. The number of rotatable bonds is 5. The van der Waals surface area contributed by atoms with Crippen molar-refractivity contribution < 1.29 is 14.6 Å². The van der Waals surface area contributed by atoms with E-state index in [0.717, 1.165) is 16.6 Å². The zero-order valence-corrected chi connectivity index (χ0v) is 12.5. The smallest absolute Gasteiger partial charge is 0.231 e. The molecule has 2 aliphatic rings. The monoisotopic (exact) mass is 295 g/mol. The van der Waals surface area contributed by atoms with Crippen LogP contribution in [0.5, 0.6) is 17.2 Å². The van der Waals surface area contributed by atoms with E-state index in [-0.39, 0.29) is 12.5 Å². The molecular weight excluding hydrogens is 274 g/mol. The van der Waals surface area contributed by atoms with E-state index in [4.69, 9.17) is 9.47 Å². The summed E-state index contributed by atoms with van der Waals surface area (Å²) in [4.78, 5) is 0. The van der Waals surface area contributed by atoms with Gasteiger partial charge < -0.3 is 19.9 Å². The van der Waals surface area contributed by atoms with Crippen molar-refractivity contribution in [2.45, 2.75) is 44.0 Å². The van der Waals surface area contributed by atoms with Crippen molar-refractivity contribution in [1.82, 2.24) is 5.32 Å². The van der Waals surface area contributed by atoms with Crippen molar-refractivity contribution in [3.8, 4) is 17.2 Å². The number of aromatic hydroxyl groups is 1. The van der Waals surface area contributed by atoms with Crippen molar-refractivity contribution >= 4 is 11.8 Å². The normalized spacial score (nSPS) is 24.2. The summed E-state index contributed by atoms with van der Waals surface area (Å²) in [7, 11) is 0. The molecule has 1 saturated carbocycles. The second kappa shape index (κ2) is 6.14. The number of hydrogen-bond donors (Lipinski definition) is 2. The lowest BCUT2D eigenvalue weighted by Crippen LogP contribution is -2.26. The third-order valence-electron chi connectivity index (χ3n) is 3.94. The van der Waals surface area contributed by atoms with Gasteiger partial charge in [-0.05, 0) is 31.1 Å². The number of nitrogens with one attached hydrogen (secondary N) is 1. The van der Waals surface area contributed by atoms with E-state index < -0.39 is 0 Å². The Labute approximate surface area is 123 Å². The molecule has 0 spiro atoms. The number of benzene rings is 1. The van der Waals surface area contributed by atoms with Crippen molar-refractivity contribution in [2.75, 3.05) is 12.5 Å². The molecule has 0 radical (unpaired) electrons. The topological polar surface area (TPSA) is 50.7 Å². The van der Waals surface area contributed by atoms with Crippen LogP contribution in [0.4, 0.5) is 0 Å². The fourth-order valence-corrected chi connectivity index (χ4v) is 4.02. The number of hydrogen-bond acceptors (Lipinski definition) is 5. The minimum Gasteiger partial charge on any atom is -0.507 e. The summed E-state index contributed by atoms with van der Waals surface area (Å²) in [6.07, 6.45) is 3.75. The Morgan fingerprint density at radius 2 is 2.10 bits per heavy atom. The van der Waals surface area contributed by atoms with E-state index in [1.807, 2.05) is 6.07 Å². The van der Waals surface area contributed by atoms with Gasteiger partial charge in [-0.15, -0.1) is 0 Å². The van der Waals surface area contributed by atoms with E-state index in [1.54, 1.807) is 6.07 Å². The number of phenolic OH excluding ortho intramolecular Hbond substituents is 1. The zero-order chi connectivity index (χ0) is 13.9. The SMILES string of the molecule is CCSC1CCC(NCc2cc3c(cc2O)OCO3)C1. The van der Waals surface area contributed by atoms with Gasteiger partial charge in [0.2, 0.25) is 6.79 Å². The molecule has 5 heteroatoms. The Kier molecular flexibility index (Phi) is 4.27. The standard InChI is InChI=1S/C15H21NO3S/c1-2-20-12-4-3-11(6-12)16-8-10-5-14-15(7-13(10)17)19-9-18-14/h5,7,11-12,16-17H,2-4,6,8-9H2,1H3. The van der Waals surface area contributed by atoms with Gasteiger partial charge in [-0.1, -0.05) is 6.92 Å². The lowest BCUT2D eigenvalue weighted by Gasteiger charge is -2.14. The minimum atomic E-state index is 0.240. The van der Waals surface area contributed by atoms with Gasteiger partial charge >= 0.3 is 0 Å². The zero-order valence-electron chi connectivity index (χ0n) is 11.7. The van der Waals surface area contributed by atoms with Crippen LogP contribution in [0, 0.1) is 0 Å². The highest BCUT2D eigenvalue weighted by molar-refractivity contribution is 7.99. The summed E-state index contributed by atoms with van der Waals surface area (Å²) < 4.78 is 10.6. The molecule has 2 N–H and O–H groups in total. The maximum atomic E-state index is 10.0.